The summed E-state index contributed by atoms with van der Waals surface area (Å²) in [6.45, 7) is 10.5. The van der Waals surface area contributed by atoms with Gasteiger partial charge in [0.15, 0.2) is 0 Å². The Balaban J connectivity index is 0.000000272. The van der Waals surface area contributed by atoms with Crippen LogP contribution in [0.5, 0.6) is 0 Å². The van der Waals surface area contributed by atoms with E-state index in [0.717, 1.165) is 44.5 Å². The van der Waals surface area contributed by atoms with Crippen LogP contribution in [0.3, 0.4) is 0 Å². The van der Waals surface area contributed by atoms with Crippen LogP contribution in [0.25, 0.3) is 34.1 Å². The number of hydrogen-bond acceptors (Lipinski definition) is 13. The minimum atomic E-state index is -0.940. The summed E-state index contributed by atoms with van der Waals surface area (Å²) in [5.41, 5.74) is 4.19. The van der Waals surface area contributed by atoms with E-state index in [1.165, 1.54) is 32.9 Å². The number of benzene rings is 6. The van der Waals surface area contributed by atoms with Gasteiger partial charge in [-0.1, -0.05) is 0 Å². The van der Waals surface area contributed by atoms with E-state index in [1.807, 2.05) is 39.0 Å². The lowest BCUT2D eigenvalue weighted by Gasteiger charge is -2.21. The fourth-order valence-electron chi connectivity index (χ4n) is 9.51. The van der Waals surface area contributed by atoms with Gasteiger partial charge in [0.25, 0.3) is 0 Å². The Morgan fingerprint density at radius 3 is 0.663 bits per heavy atom. The van der Waals surface area contributed by atoms with Crippen LogP contribution in [-0.4, -0.2) is 116 Å². The molecule has 0 aliphatic carbocycles. The first-order chi connectivity index (χ1) is 42.2. The Kier molecular flexibility index (Phi) is 23.2. The van der Waals surface area contributed by atoms with Crippen molar-refractivity contribution in [3.63, 3.8) is 0 Å². The number of carbonyl (C=O) groups excluding carboxylic acids is 4. The second kappa shape index (κ2) is 29.8. The minimum absolute atomic E-state index is 0.0957. The molecule has 0 saturated heterocycles. The van der Waals surface area contributed by atoms with E-state index in [2.05, 4.69) is 16.0 Å². The van der Waals surface area contributed by atoms with Crippen LogP contribution in [-0.2, 0) is 19.2 Å². The predicted molar refractivity (Wildman–Crippen MR) is 357 cm³/mol. The average Bonchev–Trinajstić information content (AvgIpc) is 0.805. The van der Waals surface area contributed by atoms with E-state index < -0.39 is 39.4 Å². The SMILES string of the molecule is CNc1ccc(-n2c(=O)n(-c3ccc(NC)cc3C)c(=O)n(-c3ccc(NC)cc3C)c2=O)c(C)c1.Cc1cc(N(C)C(=O)CCl)ccc1-n1c(=O)n(-c2ccc(N(C)C(=O)CCl)cc2C)c(=O)n(-c2ccc(N(C)C(=O)CCl)cc2C)c1=O.O=C(Cl)CCl. The van der Waals surface area contributed by atoms with Gasteiger partial charge in [-0.3, -0.25) is 19.2 Å². The number of aromatic nitrogens is 6. The van der Waals surface area contributed by atoms with Gasteiger partial charge in [0.2, 0.25) is 23.0 Å². The molecule has 27 heteroatoms. The van der Waals surface area contributed by atoms with E-state index in [4.69, 9.17) is 58.0 Å². The maximum absolute atomic E-state index is 14.3. The van der Waals surface area contributed by atoms with Crippen molar-refractivity contribution < 1.29 is 19.2 Å². The van der Waals surface area contributed by atoms with Gasteiger partial charge in [-0.2, -0.15) is 0 Å². The molecule has 3 amide bonds. The Bertz CT molecular complexity index is 3960. The smallest absolute Gasteiger partial charge is 0.345 e. The van der Waals surface area contributed by atoms with E-state index in [0.29, 0.717) is 67.5 Å². The number of anilines is 6. The van der Waals surface area contributed by atoms with Crippen molar-refractivity contribution in [2.24, 2.45) is 0 Å². The molecule has 3 N–H and O–H groups in total. The van der Waals surface area contributed by atoms with E-state index in [1.54, 1.807) is 136 Å². The number of carbonyl (C=O) groups is 4. The molecule has 0 radical (unpaired) electrons. The number of rotatable bonds is 16. The van der Waals surface area contributed by atoms with Gasteiger partial charge in [-0.05, 0) is 196 Å². The molecule has 0 fully saturated rings. The molecular formula is C62H65Cl5N12O10. The monoisotopic (exact) mass is 1310 g/mol. The quantitative estimate of drug-likeness (QED) is 0.0617. The summed E-state index contributed by atoms with van der Waals surface area (Å²) >= 11 is 26.7. The molecule has 2 heterocycles. The predicted octanol–water partition coefficient (Wildman–Crippen LogP) is 7.85. The first-order valence-electron chi connectivity index (χ1n) is 27.1. The topological polar surface area (TPSA) is 246 Å². The number of nitrogens with zero attached hydrogens (tertiary/aromatic N) is 9. The summed E-state index contributed by atoms with van der Waals surface area (Å²) in [5.74, 6) is -1.89. The summed E-state index contributed by atoms with van der Waals surface area (Å²) in [6, 6.07) is 30.1. The normalized spacial score (nSPS) is 10.7. The molecule has 22 nitrogen and oxygen atoms in total. The second-order valence-electron chi connectivity index (χ2n) is 20.1. The zero-order valence-electron chi connectivity index (χ0n) is 50.7. The summed E-state index contributed by atoms with van der Waals surface area (Å²) in [4.78, 5) is 135. The number of nitrogens with one attached hydrogen (secondary N) is 3. The molecule has 89 heavy (non-hydrogen) atoms. The van der Waals surface area contributed by atoms with Crippen LogP contribution in [0.2, 0.25) is 0 Å². The molecule has 0 saturated carbocycles. The van der Waals surface area contributed by atoms with Crippen LogP contribution in [0.1, 0.15) is 33.4 Å². The Morgan fingerprint density at radius 1 is 0.337 bits per heavy atom. The van der Waals surface area contributed by atoms with Crippen molar-refractivity contribution in [1.29, 1.82) is 0 Å². The number of halogens is 5. The molecule has 468 valence electrons. The molecule has 0 bridgehead atoms. The van der Waals surface area contributed by atoms with Gasteiger partial charge in [0.1, 0.15) is 17.6 Å². The Hall–Kier alpha value is -8.93. The lowest BCUT2D eigenvalue weighted by Crippen LogP contribution is -2.53. The number of aryl methyl sites for hydroxylation is 6. The standard InChI is InChI=1S/C33H33Cl3N6O6.C27H30N6O3.C2H2Cl2O/c1-19-13-22(37(4)28(43)16-34)7-10-25(19)40-31(46)41(26-11-8-23(14-20(26)2)38(5)29(44)17-35)33(48)42(32(40)47)27-12-9-24(15-21(27)3)39(6)30(45)18-36;1-16-13-19(28-4)7-10-22(16)31-25(34)32(23-11-8-20(29-5)14-17(23)2)27(36)33(26(31)35)24-12-9-21(30-6)15-18(24)3;3-1-2(4)5/h7-15H,16-18H2,1-6H3;7-15,28-30H,1-6H3;1H2. The van der Waals surface area contributed by atoms with Crippen LogP contribution in [0, 0.1) is 41.5 Å². The summed E-state index contributed by atoms with van der Waals surface area (Å²) in [7, 11) is 10.0. The molecule has 0 spiro atoms. The largest absolute Gasteiger partial charge is 0.388 e. The fraction of sp³-hybridized carbons (Fsp3) is 0.258. The van der Waals surface area contributed by atoms with Crippen molar-refractivity contribution >= 4 is 115 Å². The van der Waals surface area contributed by atoms with Crippen LogP contribution in [0.4, 0.5) is 34.1 Å². The third-order valence-corrected chi connectivity index (χ3v) is 15.7. The number of amides is 3. The van der Waals surface area contributed by atoms with Gasteiger partial charge < -0.3 is 30.7 Å². The highest BCUT2D eigenvalue weighted by Gasteiger charge is 2.26. The van der Waals surface area contributed by atoms with Crippen molar-refractivity contribution in [3.8, 4) is 34.1 Å². The first kappa shape index (κ1) is 69.2. The molecule has 6 aromatic carbocycles. The highest BCUT2D eigenvalue weighted by Crippen LogP contribution is 2.26. The summed E-state index contributed by atoms with van der Waals surface area (Å²) in [6.07, 6.45) is 0. The molecule has 0 unspecified atom stereocenters. The van der Waals surface area contributed by atoms with Crippen molar-refractivity contribution in [2.45, 2.75) is 41.5 Å². The molecule has 0 atom stereocenters. The second-order valence-corrected chi connectivity index (χ2v) is 21.6. The number of alkyl halides is 4. The molecular weight excluding hydrogens is 1250 g/mol. The van der Waals surface area contributed by atoms with Crippen molar-refractivity contribution in [1.82, 2.24) is 27.4 Å². The fourth-order valence-corrected chi connectivity index (χ4v) is 10.0. The van der Waals surface area contributed by atoms with E-state index in [-0.39, 0.29) is 58.3 Å². The van der Waals surface area contributed by atoms with Crippen LogP contribution in [0.15, 0.2) is 138 Å². The van der Waals surface area contributed by atoms with Crippen LogP contribution < -0.4 is 64.8 Å². The molecule has 8 rings (SSSR count). The molecule has 2 aromatic heterocycles. The highest BCUT2D eigenvalue weighted by atomic mass is 35.5. The first-order valence-corrected chi connectivity index (χ1v) is 29.6. The highest BCUT2D eigenvalue weighted by molar-refractivity contribution is 6.67. The van der Waals surface area contributed by atoms with Crippen LogP contribution >= 0.6 is 58.0 Å². The van der Waals surface area contributed by atoms with Gasteiger partial charge in [0.05, 0.1) is 40.0 Å². The van der Waals surface area contributed by atoms with Gasteiger partial charge in [-0.15, -0.1) is 46.4 Å². The van der Waals surface area contributed by atoms with Gasteiger partial charge >= 0.3 is 34.1 Å². The van der Waals surface area contributed by atoms with Gasteiger partial charge in [0, 0.05) is 76.4 Å². The zero-order chi connectivity index (χ0) is 66.0. The van der Waals surface area contributed by atoms with Gasteiger partial charge in [-0.25, -0.2) is 56.2 Å². The zero-order valence-corrected chi connectivity index (χ0v) is 54.5. The lowest BCUT2D eigenvalue weighted by atomic mass is 10.1. The lowest BCUT2D eigenvalue weighted by molar-refractivity contribution is -0.116. The molecule has 0 aliphatic heterocycles. The third-order valence-electron chi connectivity index (χ3n) is 14.5. The molecule has 8 aromatic rings. The average molecular weight is 1320 g/mol. The number of hydrogen-bond donors (Lipinski definition) is 3. The van der Waals surface area contributed by atoms with E-state index >= 15 is 0 Å². The minimum Gasteiger partial charge on any atom is -0.388 e. The Morgan fingerprint density at radius 2 is 0.517 bits per heavy atom. The maximum atomic E-state index is 14.3. The maximum Gasteiger partial charge on any atom is 0.345 e. The molecule has 0 aliphatic rings. The van der Waals surface area contributed by atoms with Crippen molar-refractivity contribution in [2.75, 3.05) is 96.5 Å². The summed E-state index contributed by atoms with van der Waals surface area (Å²) < 4.78 is 5.84. The van der Waals surface area contributed by atoms with Crippen molar-refractivity contribution in [3.05, 3.63) is 205 Å². The van der Waals surface area contributed by atoms with E-state index in [9.17, 15) is 47.9 Å². The Labute approximate surface area is 536 Å². The third kappa shape index (κ3) is 14.6. The summed E-state index contributed by atoms with van der Waals surface area (Å²) in [5, 5.41) is 8.67.